The number of nitrogens with zero attached hydrogens (tertiary/aromatic N) is 3. The largest absolute Gasteiger partial charge is 0.362 e. The molecule has 1 aliphatic heterocycles. The Hall–Kier alpha value is -2.98. The summed E-state index contributed by atoms with van der Waals surface area (Å²) in [5.41, 5.74) is 7.27. The van der Waals surface area contributed by atoms with Crippen molar-refractivity contribution in [2.45, 2.75) is 19.4 Å². The zero-order valence-corrected chi connectivity index (χ0v) is 17.2. The van der Waals surface area contributed by atoms with Crippen molar-refractivity contribution in [2.75, 3.05) is 18.0 Å². The second-order valence-corrected chi connectivity index (χ2v) is 8.00. The summed E-state index contributed by atoms with van der Waals surface area (Å²) in [7, 11) is 0. The number of amides is 2. The van der Waals surface area contributed by atoms with E-state index >= 15 is 0 Å². The Morgan fingerprint density at radius 2 is 1.93 bits per heavy atom. The zero-order chi connectivity index (χ0) is 20.2. The monoisotopic (exact) mass is 428 g/mol. The van der Waals surface area contributed by atoms with E-state index in [1.54, 1.807) is 4.57 Å². The Morgan fingerprint density at radius 3 is 2.72 bits per heavy atom. The average Bonchev–Trinajstić information content (AvgIpc) is 3.37. The predicted octanol–water partition coefficient (Wildman–Crippen LogP) is 2.27. The molecular weight excluding hydrogens is 408 g/mol. The van der Waals surface area contributed by atoms with E-state index in [2.05, 4.69) is 27.1 Å². The second-order valence-electron chi connectivity index (χ2n) is 6.67. The molecule has 10 heteroatoms. The van der Waals surface area contributed by atoms with E-state index in [0.717, 1.165) is 30.0 Å². The quantitative estimate of drug-likeness (QED) is 0.428. The number of fused-ring (bicyclic) bond motifs is 1. The van der Waals surface area contributed by atoms with Gasteiger partial charge in [-0.15, -0.1) is 11.3 Å². The first-order valence-electron chi connectivity index (χ1n) is 9.21. The predicted molar refractivity (Wildman–Crippen MR) is 114 cm³/mol. The molecule has 0 bridgehead atoms. The minimum Gasteiger partial charge on any atom is -0.362 e. The Bertz CT molecular complexity index is 1070. The number of aryl methyl sites for hydroxylation is 1. The van der Waals surface area contributed by atoms with Gasteiger partial charge >= 0.3 is 0 Å². The summed E-state index contributed by atoms with van der Waals surface area (Å²) in [6, 6.07) is 11.9. The van der Waals surface area contributed by atoms with Crippen LogP contribution in [0.4, 0.5) is 5.69 Å². The highest BCUT2D eigenvalue weighted by Gasteiger charge is 2.19. The maximum atomic E-state index is 12.3. The number of hydrogen-bond donors (Lipinski definition) is 3. The first-order valence-corrected chi connectivity index (χ1v) is 10.5. The molecule has 3 N–H and O–H groups in total. The Labute approximate surface area is 176 Å². The number of aromatic amines is 1. The SMILES string of the molecule is O=C(CN1CCCc2ccccc21)NNC(=O)Cn1c(-c2cccs2)n[nH]c1=S. The van der Waals surface area contributed by atoms with Crippen molar-refractivity contribution in [1.29, 1.82) is 0 Å². The van der Waals surface area contributed by atoms with Gasteiger partial charge in [-0.25, -0.2) is 0 Å². The second kappa shape index (κ2) is 8.58. The molecule has 3 heterocycles. The number of benzene rings is 1. The van der Waals surface area contributed by atoms with Crippen LogP contribution in [0.5, 0.6) is 0 Å². The highest BCUT2D eigenvalue weighted by atomic mass is 32.1. The zero-order valence-electron chi connectivity index (χ0n) is 15.6. The fourth-order valence-corrected chi connectivity index (χ4v) is 4.29. The van der Waals surface area contributed by atoms with Gasteiger partial charge < -0.3 is 4.90 Å². The number of thiophene rings is 1. The molecule has 0 atom stereocenters. The number of aromatic nitrogens is 3. The van der Waals surface area contributed by atoms with Gasteiger partial charge in [0.05, 0.1) is 11.4 Å². The van der Waals surface area contributed by atoms with Crippen LogP contribution in [0.15, 0.2) is 41.8 Å². The molecule has 8 nitrogen and oxygen atoms in total. The highest BCUT2D eigenvalue weighted by Crippen LogP contribution is 2.26. The third-order valence-electron chi connectivity index (χ3n) is 4.68. The van der Waals surface area contributed by atoms with Crippen LogP contribution in [-0.2, 0) is 22.6 Å². The van der Waals surface area contributed by atoms with Crippen LogP contribution in [0.2, 0.25) is 0 Å². The normalized spacial score (nSPS) is 13.0. The van der Waals surface area contributed by atoms with Crippen LogP contribution in [0, 0.1) is 4.77 Å². The van der Waals surface area contributed by atoms with Crippen LogP contribution < -0.4 is 15.8 Å². The van der Waals surface area contributed by atoms with Crippen LogP contribution in [0.25, 0.3) is 10.7 Å². The topological polar surface area (TPSA) is 95.1 Å². The number of rotatable bonds is 5. The summed E-state index contributed by atoms with van der Waals surface area (Å²) in [4.78, 5) is 27.6. The fraction of sp³-hybridized carbons (Fsp3) is 0.263. The van der Waals surface area contributed by atoms with E-state index in [9.17, 15) is 9.59 Å². The molecule has 0 saturated carbocycles. The van der Waals surface area contributed by atoms with E-state index in [-0.39, 0.29) is 24.9 Å². The first kappa shape index (κ1) is 19.3. The maximum Gasteiger partial charge on any atom is 0.258 e. The number of carbonyl (C=O) groups is 2. The van der Waals surface area contributed by atoms with Crippen LogP contribution >= 0.6 is 23.6 Å². The Kier molecular flexibility index (Phi) is 5.72. The van der Waals surface area contributed by atoms with Crippen molar-refractivity contribution in [1.82, 2.24) is 25.6 Å². The molecule has 0 aliphatic carbocycles. The number of para-hydroxylation sites is 1. The summed E-state index contributed by atoms with van der Waals surface area (Å²) < 4.78 is 1.95. The first-order chi connectivity index (χ1) is 14.1. The third kappa shape index (κ3) is 4.38. The van der Waals surface area contributed by atoms with Crippen molar-refractivity contribution in [3.63, 3.8) is 0 Å². The number of H-pyrrole nitrogens is 1. The standard InChI is InChI=1S/C19H20N6O2S2/c26-16(11-24-9-3-6-13-5-1-2-7-14(13)24)20-21-17(27)12-25-18(22-23-19(25)28)15-8-4-10-29-15/h1-2,4-5,7-8,10H,3,6,9,11-12H2,(H,20,26)(H,21,27)(H,23,28). The number of carbonyl (C=O) groups excluding carboxylic acids is 2. The molecule has 0 unspecified atom stereocenters. The molecule has 2 aromatic heterocycles. The van der Waals surface area contributed by atoms with E-state index in [1.165, 1.54) is 16.9 Å². The van der Waals surface area contributed by atoms with Gasteiger partial charge in [0.15, 0.2) is 10.6 Å². The van der Waals surface area contributed by atoms with Crippen molar-refractivity contribution in [2.24, 2.45) is 0 Å². The lowest BCUT2D eigenvalue weighted by Crippen LogP contribution is -2.48. The molecule has 0 fully saturated rings. The molecule has 1 aromatic carbocycles. The van der Waals surface area contributed by atoms with Gasteiger partial charge in [0.2, 0.25) is 0 Å². The molecule has 0 spiro atoms. The highest BCUT2D eigenvalue weighted by molar-refractivity contribution is 7.71. The van der Waals surface area contributed by atoms with Crippen LogP contribution in [0.1, 0.15) is 12.0 Å². The van der Waals surface area contributed by atoms with E-state index in [4.69, 9.17) is 12.2 Å². The maximum absolute atomic E-state index is 12.3. The van der Waals surface area contributed by atoms with Crippen molar-refractivity contribution in [3.05, 3.63) is 52.1 Å². The van der Waals surface area contributed by atoms with Crippen molar-refractivity contribution >= 4 is 41.1 Å². The van der Waals surface area contributed by atoms with Gasteiger partial charge in [0.1, 0.15) is 6.54 Å². The molecular formula is C19H20N6O2S2. The summed E-state index contributed by atoms with van der Waals surface area (Å²) in [5.74, 6) is -0.0616. The summed E-state index contributed by atoms with van der Waals surface area (Å²) >= 11 is 6.73. The number of hydrogen-bond acceptors (Lipinski definition) is 6. The molecule has 2 amide bonds. The molecule has 0 radical (unpaired) electrons. The van der Waals surface area contributed by atoms with E-state index in [1.807, 2.05) is 40.6 Å². The number of nitrogens with one attached hydrogen (secondary N) is 3. The van der Waals surface area contributed by atoms with Crippen LogP contribution in [-0.4, -0.2) is 39.7 Å². The minimum atomic E-state index is -0.382. The van der Waals surface area contributed by atoms with Gasteiger partial charge in [-0.1, -0.05) is 24.3 Å². The minimum absolute atomic E-state index is 0.0462. The fourth-order valence-electron chi connectivity index (χ4n) is 3.37. The van der Waals surface area contributed by atoms with Gasteiger partial charge in [0, 0.05) is 12.2 Å². The van der Waals surface area contributed by atoms with E-state index < -0.39 is 0 Å². The van der Waals surface area contributed by atoms with Crippen molar-refractivity contribution < 1.29 is 9.59 Å². The summed E-state index contributed by atoms with van der Waals surface area (Å²) in [6.07, 6.45) is 2.02. The Balaban J connectivity index is 1.34. The number of hydrazine groups is 1. The number of anilines is 1. The van der Waals surface area contributed by atoms with Gasteiger partial charge in [-0.05, 0) is 48.1 Å². The van der Waals surface area contributed by atoms with Gasteiger partial charge in [-0.3, -0.25) is 30.1 Å². The average molecular weight is 429 g/mol. The molecule has 3 aromatic rings. The van der Waals surface area contributed by atoms with E-state index in [0.29, 0.717) is 10.6 Å². The van der Waals surface area contributed by atoms with Gasteiger partial charge in [0.25, 0.3) is 11.8 Å². The summed E-state index contributed by atoms with van der Waals surface area (Å²) in [6.45, 7) is 0.949. The molecule has 150 valence electrons. The third-order valence-corrected chi connectivity index (χ3v) is 5.86. The smallest absolute Gasteiger partial charge is 0.258 e. The van der Waals surface area contributed by atoms with Gasteiger partial charge in [-0.2, -0.15) is 5.10 Å². The summed E-state index contributed by atoms with van der Waals surface area (Å²) in [5, 5.41) is 8.82. The van der Waals surface area contributed by atoms with Crippen molar-refractivity contribution in [3.8, 4) is 10.7 Å². The molecule has 0 saturated heterocycles. The lowest BCUT2D eigenvalue weighted by molar-refractivity contribution is -0.128. The lowest BCUT2D eigenvalue weighted by atomic mass is 10.0. The molecule has 4 rings (SSSR count). The lowest BCUT2D eigenvalue weighted by Gasteiger charge is -2.30. The molecule has 29 heavy (non-hydrogen) atoms. The molecule has 1 aliphatic rings. The Morgan fingerprint density at radius 1 is 1.14 bits per heavy atom. The van der Waals surface area contributed by atoms with Crippen LogP contribution in [0.3, 0.4) is 0 Å².